The van der Waals surface area contributed by atoms with Gasteiger partial charge in [-0.1, -0.05) is 54.6 Å². The van der Waals surface area contributed by atoms with Crippen molar-refractivity contribution in [2.24, 2.45) is 5.73 Å². The fourth-order valence-electron chi connectivity index (χ4n) is 4.05. The number of rotatable bonds is 4. The molecule has 3 N–H and O–H groups in total. The SMILES string of the molecule is COC(=O)C1Cc2ccc(C(=N)N)cc2[N+]1([O-])Cc1cccc2ccccc12. The van der Waals surface area contributed by atoms with Crippen molar-refractivity contribution in [2.45, 2.75) is 19.0 Å². The van der Waals surface area contributed by atoms with E-state index in [1.165, 1.54) is 7.11 Å². The minimum atomic E-state index is -0.888. The van der Waals surface area contributed by atoms with Gasteiger partial charge < -0.3 is 20.3 Å². The van der Waals surface area contributed by atoms with E-state index in [0.29, 0.717) is 17.7 Å². The molecule has 0 bridgehead atoms. The minimum absolute atomic E-state index is 0.0927. The molecule has 0 saturated carbocycles. The molecule has 2 unspecified atom stereocenters. The summed E-state index contributed by atoms with van der Waals surface area (Å²) in [5.74, 6) is -0.642. The lowest BCUT2D eigenvalue weighted by Gasteiger charge is -2.43. The molecule has 1 heterocycles. The predicted molar refractivity (Wildman–Crippen MR) is 110 cm³/mol. The number of carbonyl (C=O) groups is 1. The summed E-state index contributed by atoms with van der Waals surface area (Å²) in [4.78, 5) is 12.5. The van der Waals surface area contributed by atoms with Crippen LogP contribution in [0.2, 0.25) is 0 Å². The van der Waals surface area contributed by atoms with Gasteiger partial charge in [-0.05, 0) is 10.8 Å². The summed E-state index contributed by atoms with van der Waals surface area (Å²) in [6.07, 6.45) is 0.300. The Morgan fingerprint density at radius 1 is 1.21 bits per heavy atom. The number of benzene rings is 3. The molecule has 0 fully saturated rings. The molecular formula is C22H21N3O3. The van der Waals surface area contributed by atoms with Crippen LogP contribution in [0.4, 0.5) is 5.69 Å². The first-order valence-electron chi connectivity index (χ1n) is 9.05. The van der Waals surface area contributed by atoms with E-state index in [4.69, 9.17) is 15.9 Å². The summed E-state index contributed by atoms with van der Waals surface area (Å²) < 4.78 is 4.09. The van der Waals surface area contributed by atoms with Gasteiger partial charge in [0.1, 0.15) is 18.1 Å². The van der Waals surface area contributed by atoms with Gasteiger partial charge in [0.05, 0.1) is 7.11 Å². The molecule has 0 radical (unpaired) electrons. The third-order valence-corrected chi connectivity index (χ3v) is 5.48. The quantitative estimate of drug-likeness (QED) is 0.240. The number of hydrogen-bond acceptors (Lipinski definition) is 4. The first kappa shape index (κ1) is 18.2. The summed E-state index contributed by atoms with van der Waals surface area (Å²) in [5, 5.41) is 23.9. The normalized spacial score (nSPS) is 20.7. The molecule has 6 nitrogen and oxygen atoms in total. The van der Waals surface area contributed by atoms with Crippen molar-refractivity contribution in [1.82, 2.24) is 4.65 Å². The van der Waals surface area contributed by atoms with Crippen LogP contribution in [0.3, 0.4) is 0 Å². The first-order valence-corrected chi connectivity index (χ1v) is 9.05. The number of hydroxylamine groups is 2. The Morgan fingerprint density at radius 2 is 1.96 bits per heavy atom. The molecule has 0 amide bonds. The van der Waals surface area contributed by atoms with E-state index in [0.717, 1.165) is 21.9 Å². The average molecular weight is 375 g/mol. The van der Waals surface area contributed by atoms with Crippen LogP contribution < -0.4 is 10.4 Å². The number of nitrogen functional groups attached to an aromatic ring is 1. The van der Waals surface area contributed by atoms with Gasteiger partial charge in [-0.3, -0.25) is 5.41 Å². The predicted octanol–water partition coefficient (Wildman–Crippen LogP) is 3.23. The zero-order chi connectivity index (χ0) is 19.9. The van der Waals surface area contributed by atoms with Crippen LogP contribution in [0.15, 0.2) is 60.7 Å². The van der Waals surface area contributed by atoms with Crippen LogP contribution in [-0.2, 0) is 22.5 Å². The second-order valence-electron chi connectivity index (χ2n) is 7.09. The molecule has 0 saturated heterocycles. The van der Waals surface area contributed by atoms with E-state index in [9.17, 15) is 10.0 Å². The van der Waals surface area contributed by atoms with Gasteiger partial charge in [0.2, 0.25) is 0 Å². The number of nitrogens with two attached hydrogens (primary N) is 1. The lowest BCUT2D eigenvalue weighted by molar-refractivity contribution is -0.145. The van der Waals surface area contributed by atoms with Crippen LogP contribution in [0, 0.1) is 10.6 Å². The number of methoxy groups -OCH3 is 1. The van der Waals surface area contributed by atoms with Crippen LogP contribution in [0.5, 0.6) is 0 Å². The Balaban J connectivity index is 1.87. The van der Waals surface area contributed by atoms with Crippen LogP contribution >= 0.6 is 0 Å². The molecule has 3 aromatic rings. The van der Waals surface area contributed by atoms with Gasteiger partial charge in [-0.15, -0.1) is 0 Å². The molecule has 1 aliphatic rings. The molecule has 3 aromatic carbocycles. The molecule has 0 aliphatic carbocycles. The summed E-state index contributed by atoms with van der Waals surface area (Å²) in [6.45, 7) is 0.0927. The topological polar surface area (TPSA) is 99.2 Å². The van der Waals surface area contributed by atoms with Gasteiger partial charge in [0.25, 0.3) is 0 Å². The molecule has 0 spiro atoms. The van der Waals surface area contributed by atoms with Crippen molar-refractivity contribution in [1.29, 1.82) is 5.41 Å². The van der Waals surface area contributed by atoms with Crippen molar-refractivity contribution in [3.05, 3.63) is 82.6 Å². The Labute approximate surface area is 162 Å². The zero-order valence-corrected chi connectivity index (χ0v) is 15.5. The Hall–Kier alpha value is -3.22. The number of hydrogen-bond donors (Lipinski definition) is 2. The van der Waals surface area contributed by atoms with Crippen molar-refractivity contribution in [3.63, 3.8) is 0 Å². The van der Waals surface area contributed by atoms with E-state index in [1.807, 2.05) is 42.5 Å². The number of nitrogens with zero attached hydrogens (tertiary/aromatic N) is 1. The number of amidine groups is 1. The summed E-state index contributed by atoms with van der Waals surface area (Å²) in [6, 6.07) is 17.9. The van der Waals surface area contributed by atoms with Gasteiger partial charge in [-0.25, -0.2) is 4.79 Å². The van der Waals surface area contributed by atoms with E-state index >= 15 is 0 Å². The molecule has 0 aromatic heterocycles. The lowest BCUT2D eigenvalue weighted by atomic mass is 10.0. The van der Waals surface area contributed by atoms with E-state index in [2.05, 4.69) is 0 Å². The summed E-state index contributed by atoms with van der Waals surface area (Å²) >= 11 is 0. The molecule has 6 heteroatoms. The number of fused-ring (bicyclic) bond motifs is 2. The van der Waals surface area contributed by atoms with Gasteiger partial charge in [-0.2, -0.15) is 0 Å². The second-order valence-corrected chi connectivity index (χ2v) is 7.09. The average Bonchev–Trinajstić information content (AvgIpc) is 2.99. The van der Waals surface area contributed by atoms with Crippen LogP contribution in [-0.4, -0.2) is 25.0 Å². The van der Waals surface area contributed by atoms with Crippen molar-refractivity contribution in [3.8, 4) is 0 Å². The summed E-state index contributed by atoms with van der Waals surface area (Å²) in [5.41, 5.74) is 8.22. The highest BCUT2D eigenvalue weighted by molar-refractivity contribution is 5.96. The van der Waals surface area contributed by atoms with E-state index in [1.54, 1.807) is 18.2 Å². The molecular weight excluding hydrogens is 354 g/mol. The highest BCUT2D eigenvalue weighted by atomic mass is 16.6. The third kappa shape index (κ3) is 2.83. The second kappa shape index (κ2) is 6.74. The fourth-order valence-corrected chi connectivity index (χ4v) is 4.05. The number of esters is 1. The van der Waals surface area contributed by atoms with Gasteiger partial charge >= 0.3 is 5.97 Å². The number of carbonyl (C=O) groups excluding carboxylic acids is 1. The highest BCUT2D eigenvalue weighted by Crippen LogP contribution is 2.41. The van der Waals surface area contributed by atoms with Crippen LogP contribution in [0.1, 0.15) is 16.7 Å². The largest absolute Gasteiger partial charge is 0.626 e. The van der Waals surface area contributed by atoms with Crippen molar-refractivity contribution < 1.29 is 9.53 Å². The van der Waals surface area contributed by atoms with Crippen LogP contribution in [0.25, 0.3) is 10.8 Å². The zero-order valence-electron chi connectivity index (χ0n) is 15.5. The van der Waals surface area contributed by atoms with E-state index in [-0.39, 0.29) is 12.4 Å². The smallest absolute Gasteiger partial charge is 0.365 e. The molecule has 4 rings (SSSR count). The Morgan fingerprint density at radius 3 is 2.71 bits per heavy atom. The fraction of sp³-hybridized carbons (Fsp3) is 0.182. The van der Waals surface area contributed by atoms with Gasteiger partial charge in [0.15, 0.2) is 6.04 Å². The van der Waals surface area contributed by atoms with E-state index < -0.39 is 16.7 Å². The molecule has 2 atom stereocenters. The maximum Gasteiger partial charge on any atom is 0.365 e. The monoisotopic (exact) mass is 375 g/mol. The molecule has 28 heavy (non-hydrogen) atoms. The lowest BCUT2D eigenvalue weighted by Crippen LogP contribution is -2.53. The molecule has 1 aliphatic heterocycles. The maximum absolute atomic E-state index is 14.2. The van der Waals surface area contributed by atoms with Crippen molar-refractivity contribution in [2.75, 3.05) is 7.11 Å². The number of ether oxygens (including phenoxy) is 1. The molecule has 142 valence electrons. The maximum atomic E-state index is 14.2. The highest BCUT2D eigenvalue weighted by Gasteiger charge is 2.46. The Bertz CT molecular complexity index is 1090. The number of quaternary nitrogens is 1. The standard InChI is InChI=1S/C22H21N3O3/c1-28-22(26)20-11-15-9-10-16(21(23)24)12-19(15)25(20,27)13-17-7-4-6-14-5-2-3-8-18(14)17/h2-10,12,20H,11,13H2,1H3,(H3,23,24). The summed E-state index contributed by atoms with van der Waals surface area (Å²) in [7, 11) is 1.30. The first-order chi connectivity index (χ1) is 13.4. The third-order valence-electron chi connectivity index (χ3n) is 5.48. The van der Waals surface area contributed by atoms with Gasteiger partial charge in [0, 0.05) is 29.2 Å². The minimum Gasteiger partial charge on any atom is -0.626 e. The Kier molecular flexibility index (Phi) is 4.37. The number of nitrogens with one attached hydrogen (secondary N) is 1. The van der Waals surface area contributed by atoms with Crippen molar-refractivity contribution >= 4 is 28.3 Å².